The largest absolute Gasteiger partial charge is 0.469 e. The molecular formula is C10H12FNO2. The van der Waals surface area contributed by atoms with Crippen molar-refractivity contribution in [3.63, 3.8) is 0 Å². The van der Waals surface area contributed by atoms with Crippen molar-refractivity contribution in [1.29, 1.82) is 0 Å². The lowest BCUT2D eigenvalue weighted by Crippen LogP contribution is -2.08. The van der Waals surface area contributed by atoms with Crippen molar-refractivity contribution in [2.75, 3.05) is 12.8 Å². The standard InChI is InChI=1S/C10H12FNO2/c1-6-3-7(12)4-9(11)8(6)5-10(13)14-2/h3-4H,5,12H2,1-2H3. The molecule has 0 aliphatic carbocycles. The van der Waals surface area contributed by atoms with E-state index in [1.54, 1.807) is 13.0 Å². The van der Waals surface area contributed by atoms with Gasteiger partial charge in [0, 0.05) is 11.3 Å². The molecule has 14 heavy (non-hydrogen) atoms. The van der Waals surface area contributed by atoms with Crippen LogP contribution in [0.4, 0.5) is 10.1 Å². The Morgan fingerprint density at radius 2 is 2.21 bits per heavy atom. The number of aryl methyl sites for hydroxylation is 1. The highest BCUT2D eigenvalue weighted by Crippen LogP contribution is 2.18. The molecule has 1 aromatic rings. The van der Waals surface area contributed by atoms with Gasteiger partial charge in [0.05, 0.1) is 13.5 Å². The molecule has 1 aromatic carbocycles. The smallest absolute Gasteiger partial charge is 0.310 e. The van der Waals surface area contributed by atoms with Crippen LogP contribution in [0.15, 0.2) is 12.1 Å². The van der Waals surface area contributed by atoms with Gasteiger partial charge in [-0.2, -0.15) is 0 Å². The van der Waals surface area contributed by atoms with Gasteiger partial charge in [-0.3, -0.25) is 4.79 Å². The monoisotopic (exact) mass is 197 g/mol. The van der Waals surface area contributed by atoms with Gasteiger partial charge in [0.2, 0.25) is 0 Å². The fourth-order valence-corrected chi connectivity index (χ4v) is 1.24. The predicted molar refractivity (Wildman–Crippen MR) is 51.3 cm³/mol. The van der Waals surface area contributed by atoms with Gasteiger partial charge in [-0.05, 0) is 24.6 Å². The second kappa shape index (κ2) is 4.09. The van der Waals surface area contributed by atoms with Crippen LogP contribution in [0.25, 0.3) is 0 Å². The van der Waals surface area contributed by atoms with Gasteiger partial charge < -0.3 is 10.5 Å². The summed E-state index contributed by atoms with van der Waals surface area (Å²) in [6.45, 7) is 1.71. The van der Waals surface area contributed by atoms with Crippen LogP contribution in [0.1, 0.15) is 11.1 Å². The summed E-state index contributed by atoms with van der Waals surface area (Å²) in [5.41, 5.74) is 6.79. The van der Waals surface area contributed by atoms with Crippen LogP contribution in [-0.4, -0.2) is 13.1 Å². The molecule has 4 heteroatoms. The number of benzene rings is 1. The molecule has 0 saturated heterocycles. The molecule has 3 nitrogen and oxygen atoms in total. The summed E-state index contributed by atoms with van der Waals surface area (Å²) >= 11 is 0. The molecule has 1 rings (SSSR count). The second-order valence-corrected chi connectivity index (χ2v) is 3.05. The number of ether oxygens (including phenoxy) is 1. The molecule has 0 atom stereocenters. The van der Waals surface area contributed by atoms with E-state index in [0.29, 0.717) is 16.8 Å². The van der Waals surface area contributed by atoms with E-state index in [2.05, 4.69) is 4.74 Å². The molecule has 0 amide bonds. The number of methoxy groups -OCH3 is 1. The van der Waals surface area contributed by atoms with Crippen LogP contribution >= 0.6 is 0 Å². The molecule has 0 aliphatic heterocycles. The Morgan fingerprint density at radius 1 is 1.57 bits per heavy atom. The molecule has 0 radical (unpaired) electrons. The third kappa shape index (κ3) is 2.22. The molecule has 0 heterocycles. The number of halogens is 1. The molecule has 2 N–H and O–H groups in total. The number of hydrogen-bond acceptors (Lipinski definition) is 3. The topological polar surface area (TPSA) is 52.3 Å². The summed E-state index contributed by atoms with van der Waals surface area (Å²) in [6.07, 6.45) is -0.0611. The highest BCUT2D eigenvalue weighted by Gasteiger charge is 2.11. The van der Waals surface area contributed by atoms with Crippen molar-refractivity contribution < 1.29 is 13.9 Å². The molecule has 0 saturated carbocycles. The van der Waals surface area contributed by atoms with Crippen molar-refractivity contribution in [2.24, 2.45) is 0 Å². The fraction of sp³-hybridized carbons (Fsp3) is 0.300. The number of rotatable bonds is 2. The van der Waals surface area contributed by atoms with E-state index in [9.17, 15) is 9.18 Å². The van der Waals surface area contributed by atoms with E-state index in [1.807, 2.05) is 0 Å². The summed E-state index contributed by atoms with van der Waals surface area (Å²) < 4.78 is 17.8. The Morgan fingerprint density at radius 3 is 2.71 bits per heavy atom. The maximum Gasteiger partial charge on any atom is 0.310 e. The summed E-state index contributed by atoms with van der Waals surface area (Å²) in [6, 6.07) is 2.83. The number of hydrogen-bond donors (Lipinski definition) is 1. The minimum atomic E-state index is -0.465. The average molecular weight is 197 g/mol. The summed E-state index contributed by atoms with van der Waals surface area (Å²) in [7, 11) is 1.27. The van der Waals surface area contributed by atoms with Crippen molar-refractivity contribution in [3.8, 4) is 0 Å². The minimum Gasteiger partial charge on any atom is -0.469 e. The van der Waals surface area contributed by atoms with Crippen molar-refractivity contribution >= 4 is 11.7 Å². The summed E-state index contributed by atoms with van der Waals surface area (Å²) in [5.74, 6) is -0.926. The SMILES string of the molecule is COC(=O)Cc1c(C)cc(N)cc1F. The van der Waals surface area contributed by atoms with Gasteiger partial charge in [-0.25, -0.2) is 4.39 Å². The molecular weight excluding hydrogens is 185 g/mol. The zero-order valence-corrected chi connectivity index (χ0v) is 8.13. The first-order valence-electron chi connectivity index (χ1n) is 4.16. The van der Waals surface area contributed by atoms with Gasteiger partial charge in [-0.1, -0.05) is 0 Å². The van der Waals surface area contributed by atoms with Gasteiger partial charge in [0.1, 0.15) is 5.82 Å². The lowest BCUT2D eigenvalue weighted by molar-refractivity contribution is -0.139. The molecule has 0 spiro atoms. The summed E-state index contributed by atoms with van der Waals surface area (Å²) in [5, 5.41) is 0. The Kier molecular flexibility index (Phi) is 3.06. The van der Waals surface area contributed by atoms with Crippen LogP contribution in [-0.2, 0) is 16.0 Å². The van der Waals surface area contributed by atoms with E-state index >= 15 is 0 Å². The third-order valence-corrected chi connectivity index (χ3v) is 1.99. The van der Waals surface area contributed by atoms with Gasteiger partial charge in [0.15, 0.2) is 0 Å². The van der Waals surface area contributed by atoms with Crippen LogP contribution < -0.4 is 5.73 Å². The Hall–Kier alpha value is -1.58. The van der Waals surface area contributed by atoms with E-state index in [1.165, 1.54) is 13.2 Å². The number of carbonyl (C=O) groups is 1. The maximum atomic E-state index is 13.3. The molecule has 0 fully saturated rings. The Labute approximate surface area is 81.7 Å². The van der Waals surface area contributed by atoms with Crippen LogP contribution in [0.5, 0.6) is 0 Å². The van der Waals surface area contributed by atoms with Crippen LogP contribution in [0.2, 0.25) is 0 Å². The number of carbonyl (C=O) groups excluding carboxylic acids is 1. The van der Waals surface area contributed by atoms with Crippen LogP contribution in [0, 0.1) is 12.7 Å². The van der Waals surface area contributed by atoms with Crippen molar-refractivity contribution in [3.05, 3.63) is 29.1 Å². The predicted octanol–water partition coefficient (Wildman–Crippen LogP) is 1.43. The van der Waals surface area contributed by atoms with Gasteiger partial charge >= 0.3 is 5.97 Å². The van der Waals surface area contributed by atoms with E-state index in [-0.39, 0.29) is 6.42 Å². The zero-order valence-electron chi connectivity index (χ0n) is 8.13. The average Bonchev–Trinajstić information content (AvgIpc) is 2.10. The first kappa shape index (κ1) is 10.5. The number of nitrogens with two attached hydrogens (primary N) is 1. The zero-order chi connectivity index (χ0) is 10.7. The van der Waals surface area contributed by atoms with Crippen molar-refractivity contribution in [2.45, 2.75) is 13.3 Å². The van der Waals surface area contributed by atoms with E-state index in [0.717, 1.165) is 0 Å². The van der Waals surface area contributed by atoms with Gasteiger partial charge in [0.25, 0.3) is 0 Å². The highest BCUT2D eigenvalue weighted by atomic mass is 19.1. The molecule has 0 bridgehead atoms. The molecule has 0 aliphatic rings. The van der Waals surface area contributed by atoms with Crippen molar-refractivity contribution in [1.82, 2.24) is 0 Å². The lowest BCUT2D eigenvalue weighted by atomic mass is 10.0. The maximum absolute atomic E-state index is 13.3. The number of esters is 1. The quantitative estimate of drug-likeness (QED) is 0.576. The normalized spacial score (nSPS) is 9.93. The number of nitrogen functional groups attached to an aromatic ring is 1. The Balaban J connectivity index is 3.02. The summed E-state index contributed by atoms with van der Waals surface area (Å²) in [4.78, 5) is 11.0. The van der Waals surface area contributed by atoms with E-state index in [4.69, 9.17) is 5.73 Å². The second-order valence-electron chi connectivity index (χ2n) is 3.05. The molecule has 0 aromatic heterocycles. The van der Waals surface area contributed by atoms with Crippen LogP contribution in [0.3, 0.4) is 0 Å². The molecule has 0 unspecified atom stereocenters. The molecule has 76 valence electrons. The Bertz CT molecular complexity index is 340. The third-order valence-electron chi connectivity index (χ3n) is 1.99. The number of anilines is 1. The lowest BCUT2D eigenvalue weighted by Gasteiger charge is -2.07. The first-order chi connectivity index (χ1) is 6.54. The minimum absolute atomic E-state index is 0.0611. The van der Waals surface area contributed by atoms with Gasteiger partial charge in [-0.15, -0.1) is 0 Å². The first-order valence-corrected chi connectivity index (χ1v) is 4.16. The highest BCUT2D eigenvalue weighted by molar-refractivity contribution is 5.73. The van der Waals surface area contributed by atoms with E-state index < -0.39 is 11.8 Å². The fourth-order valence-electron chi connectivity index (χ4n) is 1.24.